The van der Waals surface area contributed by atoms with Crippen molar-refractivity contribution >= 4 is 12.3 Å². The van der Waals surface area contributed by atoms with Gasteiger partial charge in [-0.2, -0.15) is 0 Å². The van der Waals surface area contributed by atoms with E-state index in [0.29, 0.717) is 18.8 Å². The molecule has 0 spiro atoms. The van der Waals surface area contributed by atoms with Crippen molar-refractivity contribution < 1.29 is 19.4 Å². The summed E-state index contributed by atoms with van der Waals surface area (Å²) in [7, 11) is 0. The first kappa shape index (κ1) is 12.2. The van der Waals surface area contributed by atoms with Crippen molar-refractivity contribution in [3.05, 3.63) is 29.8 Å². The second-order valence-corrected chi connectivity index (χ2v) is 3.31. The Morgan fingerprint density at radius 1 is 1.31 bits per heavy atom. The molecule has 1 N–H and O–H groups in total. The normalized spacial score (nSPS) is 9.75. The van der Waals surface area contributed by atoms with Gasteiger partial charge >= 0.3 is 5.97 Å². The molecule has 4 heteroatoms. The molecule has 0 fully saturated rings. The summed E-state index contributed by atoms with van der Waals surface area (Å²) in [5, 5.41) is 8.88. The lowest BCUT2D eigenvalue weighted by molar-refractivity contribution is -0.107. The monoisotopic (exact) mass is 222 g/mol. The van der Waals surface area contributed by atoms with Crippen LogP contribution in [0, 0.1) is 0 Å². The third-order valence-electron chi connectivity index (χ3n) is 2.09. The van der Waals surface area contributed by atoms with E-state index in [1.165, 1.54) is 6.07 Å². The summed E-state index contributed by atoms with van der Waals surface area (Å²) in [5.41, 5.74) is 0.165. The van der Waals surface area contributed by atoms with Gasteiger partial charge in [0.15, 0.2) is 0 Å². The number of rotatable bonds is 7. The van der Waals surface area contributed by atoms with E-state index in [0.717, 1.165) is 19.1 Å². The Kier molecular flexibility index (Phi) is 5.05. The number of hydrogen-bond acceptors (Lipinski definition) is 3. The van der Waals surface area contributed by atoms with Crippen LogP contribution in [0.25, 0.3) is 0 Å². The highest BCUT2D eigenvalue weighted by Gasteiger charge is 2.09. The zero-order valence-corrected chi connectivity index (χ0v) is 8.89. The van der Waals surface area contributed by atoms with Gasteiger partial charge in [0.2, 0.25) is 0 Å². The molecule has 0 saturated heterocycles. The zero-order valence-electron chi connectivity index (χ0n) is 8.89. The molecule has 1 aromatic rings. The van der Waals surface area contributed by atoms with E-state index in [-0.39, 0.29) is 5.56 Å². The summed E-state index contributed by atoms with van der Waals surface area (Å²) in [6.07, 6.45) is 2.89. The highest BCUT2D eigenvalue weighted by molar-refractivity contribution is 5.90. The van der Waals surface area contributed by atoms with Crippen LogP contribution < -0.4 is 4.74 Å². The standard InChI is InChI=1S/C12H14O4/c13-8-4-1-5-9-16-11-7-3-2-6-10(11)12(14)15/h2-3,6-8H,1,4-5,9H2,(H,14,15). The van der Waals surface area contributed by atoms with E-state index < -0.39 is 5.97 Å². The fourth-order valence-corrected chi connectivity index (χ4v) is 1.28. The average molecular weight is 222 g/mol. The Labute approximate surface area is 93.9 Å². The number of hydrogen-bond donors (Lipinski definition) is 1. The molecule has 0 unspecified atom stereocenters. The Morgan fingerprint density at radius 3 is 2.75 bits per heavy atom. The van der Waals surface area contributed by atoms with Crippen LogP contribution in [-0.4, -0.2) is 24.0 Å². The van der Waals surface area contributed by atoms with Crippen molar-refractivity contribution in [3.8, 4) is 5.75 Å². The summed E-state index contributed by atoms with van der Waals surface area (Å²) < 4.78 is 5.35. The van der Waals surface area contributed by atoms with Crippen LogP contribution >= 0.6 is 0 Å². The van der Waals surface area contributed by atoms with Gasteiger partial charge in [0.1, 0.15) is 17.6 Å². The minimum atomic E-state index is -0.997. The maximum atomic E-state index is 10.8. The molecule has 86 valence electrons. The van der Waals surface area contributed by atoms with Crippen LogP contribution in [0.15, 0.2) is 24.3 Å². The van der Waals surface area contributed by atoms with E-state index in [9.17, 15) is 9.59 Å². The molecule has 0 aliphatic carbocycles. The van der Waals surface area contributed by atoms with Crippen molar-refractivity contribution in [1.82, 2.24) is 0 Å². The van der Waals surface area contributed by atoms with Crippen LogP contribution in [-0.2, 0) is 4.79 Å². The van der Waals surface area contributed by atoms with Crippen LogP contribution in [0.1, 0.15) is 29.6 Å². The minimum Gasteiger partial charge on any atom is -0.493 e. The third kappa shape index (κ3) is 3.73. The lowest BCUT2D eigenvalue weighted by atomic mass is 10.2. The number of carboxylic acids is 1. The first-order chi connectivity index (χ1) is 7.75. The van der Waals surface area contributed by atoms with Gasteiger partial charge in [-0.1, -0.05) is 12.1 Å². The van der Waals surface area contributed by atoms with Crippen LogP contribution in [0.3, 0.4) is 0 Å². The molecule has 0 atom stereocenters. The Balaban J connectivity index is 2.47. The van der Waals surface area contributed by atoms with Crippen molar-refractivity contribution in [2.75, 3.05) is 6.61 Å². The van der Waals surface area contributed by atoms with Crippen molar-refractivity contribution in [2.24, 2.45) is 0 Å². The highest BCUT2D eigenvalue weighted by Crippen LogP contribution is 2.17. The van der Waals surface area contributed by atoms with E-state index >= 15 is 0 Å². The Morgan fingerprint density at radius 2 is 2.06 bits per heavy atom. The maximum Gasteiger partial charge on any atom is 0.339 e. The van der Waals surface area contributed by atoms with Crippen molar-refractivity contribution in [2.45, 2.75) is 19.3 Å². The van der Waals surface area contributed by atoms with Gasteiger partial charge in [0.25, 0.3) is 0 Å². The topological polar surface area (TPSA) is 63.6 Å². The van der Waals surface area contributed by atoms with Crippen molar-refractivity contribution in [3.63, 3.8) is 0 Å². The molecule has 0 aliphatic rings. The molecule has 0 bridgehead atoms. The Bertz CT molecular complexity index is 360. The number of carboxylic acid groups (broad SMARTS) is 1. The lowest BCUT2D eigenvalue weighted by Crippen LogP contribution is -2.04. The molecule has 1 rings (SSSR count). The molecular weight excluding hydrogens is 208 g/mol. The number of carbonyl (C=O) groups excluding carboxylic acids is 1. The van der Waals surface area contributed by atoms with E-state index in [1.807, 2.05) is 0 Å². The van der Waals surface area contributed by atoms with Gasteiger partial charge in [-0.05, 0) is 25.0 Å². The molecule has 0 aromatic heterocycles. The summed E-state index contributed by atoms with van der Waals surface area (Å²) in [5.74, 6) is -0.621. The van der Waals surface area contributed by atoms with Gasteiger partial charge in [-0.25, -0.2) is 4.79 Å². The number of carbonyl (C=O) groups is 2. The van der Waals surface area contributed by atoms with Gasteiger partial charge in [-0.3, -0.25) is 0 Å². The second kappa shape index (κ2) is 6.61. The first-order valence-corrected chi connectivity index (χ1v) is 5.14. The quantitative estimate of drug-likeness (QED) is 0.567. The van der Waals surface area contributed by atoms with Crippen LogP contribution in [0.5, 0.6) is 5.75 Å². The summed E-state index contributed by atoms with van der Waals surface area (Å²) in [4.78, 5) is 20.9. The molecule has 0 heterocycles. The SMILES string of the molecule is O=CCCCCOc1ccccc1C(=O)O. The van der Waals surface area contributed by atoms with Gasteiger partial charge in [0.05, 0.1) is 6.61 Å². The molecule has 0 radical (unpaired) electrons. The number of ether oxygens (including phenoxy) is 1. The molecule has 0 amide bonds. The summed E-state index contributed by atoms with van der Waals surface area (Å²) in [6, 6.07) is 6.52. The van der Waals surface area contributed by atoms with Gasteiger partial charge < -0.3 is 14.6 Å². The smallest absolute Gasteiger partial charge is 0.339 e. The van der Waals surface area contributed by atoms with E-state index in [2.05, 4.69) is 0 Å². The van der Waals surface area contributed by atoms with Gasteiger partial charge in [-0.15, -0.1) is 0 Å². The Hall–Kier alpha value is -1.84. The molecule has 0 aliphatic heterocycles. The number of aldehydes is 1. The molecule has 16 heavy (non-hydrogen) atoms. The predicted octanol–water partition coefficient (Wildman–Crippen LogP) is 2.13. The second-order valence-electron chi connectivity index (χ2n) is 3.31. The van der Waals surface area contributed by atoms with E-state index in [4.69, 9.17) is 9.84 Å². The van der Waals surface area contributed by atoms with E-state index in [1.54, 1.807) is 18.2 Å². The summed E-state index contributed by atoms with van der Waals surface area (Å²) >= 11 is 0. The molecule has 1 aromatic carbocycles. The minimum absolute atomic E-state index is 0.165. The van der Waals surface area contributed by atoms with Crippen LogP contribution in [0.4, 0.5) is 0 Å². The maximum absolute atomic E-state index is 10.8. The molecule has 0 saturated carbocycles. The predicted molar refractivity (Wildman–Crippen MR) is 58.8 cm³/mol. The number of unbranched alkanes of at least 4 members (excludes halogenated alkanes) is 2. The third-order valence-corrected chi connectivity index (χ3v) is 2.09. The number of aromatic carboxylic acids is 1. The van der Waals surface area contributed by atoms with Crippen molar-refractivity contribution in [1.29, 1.82) is 0 Å². The largest absolute Gasteiger partial charge is 0.493 e. The fourth-order valence-electron chi connectivity index (χ4n) is 1.28. The number of benzene rings is 1. The highest BCUT2D eigenvalue weighted by atomic mass is 16.5. The zero-order chi connectivity index (χ0) is 11.8. The van der Waals surface area contributed by atoms with Gasteiger partial charge in [0, 0.05) is 6.42 Å². The lowest BCUT2D eigenvalue weighted by Gasteiger charge is -2.07. The fraction of sp³-hybridized carbons (Fsp3) is 0.333. The average Bonchev–Trinajstić information content (AvgIpc) is 2.29. The van der Waals surface area contributed by atoms with Crippen LogP contribution in [0.2, 0.25) is 0 Å². The number of para-hydroxylation sites is 1. The first-order valence-electron chi connectivity index (χ1n) is 5.14. The molecular formula is C12H14O4. The summed E-state index contributed by atoms with van der Waals surface area (Å²) in [6.45, 7) is 0.429. The molecule has 4 nitrogen and oxygen atoms in total.